The highest BCUT2D eigenvalue weighted by Crippen LogP contribution is 2.08. The maximum atomic E-state index is 10.7. The van der Waals surface area contributed by atoms with Gasteiger partial charge in [-0.2, -0.15) is 0 Å². The zero-order valence-electron chi connectivity index (χ0n) is 5.49. The zero-order chi connectivity index (χ0) is 7.56. The van der Waals surface area contributed by atoms with E-state index in [-0.39, 0.29) is 25.4 Å². The first-order valence-electron chi connectivity index (χ1n) is 3.17. The Hall–Kier alpha value is -0.450. The van der Waals surface area contributed by atoms with E-state index in [0.29, 0.717) is 0 Å². The minimum Gasteiger partial charge on any atom is -0.394 e. The number of carbonyl (C=O) groups excluding carboxylic acids is 1. The van der Waals surface area contributed by atoms with Crippen molar-refractivity contribution < 1.29 is 19.7 Å². The highest BCUT2D eigenvalue weighted by molar-refractivity contribution is 5.83. The molecular weight excluding hydrogens is 136 g/mol. The average molecular weight is 146 g/mol. The number of hydrogen-bond acceptors (Lipinski definition) is 4. The van der Waals surface area contributed by atoms with Crippen molar-refractivity contribution in [1.82, 2.24) is 0 Å². The van der Waals surface area contributed by atoms with Gasteiger partial charge in [0.15, 0.2) is 5.78 Å². The molecule has 0 bridgehead atoms. The van der Waals surface area contributed by atoms with Gasteiger partial charge in [0, 0.05) is 6.42 Å². The van der Waals surface area contributed by atoms with Crippen molar-refractivity contribution in [3.05, 3.63) is 0 Å². The predicted octanol–water partition coefficient (Wildman–Crippen LogP) is -1.30. The molecule has 58 valence electrons. The van der Waals surface area contributed by atoms with Crippen molar-refractivity contribution in [1.29, 1.82) is 0 Å². The first kappa shape index (κ1) is 7.65. The lowest BCUT2D eigenvalue weighted by molar-refractivity contribution is -0.145. The zero-order valence-corrected chi connectivity index (χ0v) is 5.49. The SMILES string of the molecule is O=C1CC(CO)OCC1O. The van der Waals surface area contributed by atoms with Crippen LogP contribution < -0.4 is 0 Å². The molecule has 1 heterocycles. The Kier molecular flexibility index (Phi) is 2.37. The molecule has 0 aromatic heterocycles. The number of hydrogen-bond donors (Lipinski definition) is 2. The second-order valence-corrected chi connectivity index (χ2v) is 2.32. The molecule has 0 saturated carbocycles. The number of ether oxygens (including phenoxy) is 1. The number of Topliss-reactive ketones (excluding diaryl/α,β-unsaturated/α-hetero) is 1. The van der Waals surface area contributed by atoms with Gasteiger partial charge in [0.2, 0.25) is 0 Å². The summed E-state index contributed by atoms with van der Waals surface area (Å²) in [7, 11) is 0. The number of rotatable bonds is 1. The van der Waals surface area contributed by atoms with Crippen LogP contribution in [0.3, 0.4) is 0 Å². The third kappa shape index (κ3) is 1.53. The Morgan fingerprint density at radius 3 is 2.90 bits per heavy atom. The van der Waals surface area contributed by atoms with Gasteiger partial charge in [0.25, 0.3) is 0 Å². The molecule has 1 rings (SSSR count). The molecule has 4 heteroatoms. The Morgan fingerprint density at radius 2 is 2.40 bits per heavy atom. The van der Waals surface area contributed by atoms with Crippen molar-refractivity contribution in [2.24, 2.45) is 0 Å². The van der Waals surface area contributed by atoms with E-state index in [1.54, 1.807) is 0 Å². The largest absolute Gasteiger partial charge is 0.394 e. The van der Waals surface area contributed by atoms with Gasteiger partial charge in [-0.1, -0.05) is 0 Å². The lowest BCUT2D eigenvalue weighted by atomic mass is 10.1. The normalized spacial score (nSPS) is 34.4. The van der Waals surface area contributed by atoms with Crippen molar-refractivity contribution in [2.75, 3.05) is 13.2 Å². The molecule has 0 aliphatic carbocycles. The molecule has 0 radical (unpaired) electrons. The molecule has 2 atom stereocenters. The van der Waals surface area contributed by atoms with Gasteiger partial charge in [-0.25, -0.2) is 0 Å². The summed E-state index contributed by atoms with van der Waals surface area (Å²) in [6.45, 7) is -0.136. The molecule has 1 aliphatic heterocycles. The van der Waals surface area contributed by atoms with Gasteiger partial charge in [-0.3, -0.25) is 4.79 Å². The molecule has 10 heavy (non-hydrogen) atoms. The van der Waals surface area contributed by atoms with Crippen molar-refractivity contribution in [3.8, 4) is 0 Å². The lowest BCUT2D eigenvalue weighted by Crippen LogP contribution is -2.39. The monoisotopic (exact) mass is 146 g/mol. The molecule has 4 nitrogen and oxygen atoms in total. The molecule has 0 spiro atoms. The lowest BCUT2D eigenvalue weighted by Gasteiger charge is -2.23. The second kappa shape index (κ2) is 3.09. The maximum absolute atomic E-state index is 10.7. The minimum absolute atomic E-state index is 0.0179. The first-order valence-corrected chi connectivity index (χ1v) is 3.17. The van der Waals surface area contributed by atoms with Gasteiger partial charge in [0.05, 0.1) is 19.3 Å². The van der Waals surface area contributed by atoms with Crippen LogP contribution in [0, 0.1) is 0 Å². The van der Waals surface area contributed by atoms with Gasteiger partial charge in [-0.15, -0.1) is 0 Å². The summed E-state index contributed by atoms with van der Waals surface area (Å²) in [6, 6.07) is 0. The van der Waals surface area contributed by atoms with Crippen LogP contribution in [0.2, 0.25) is 0 Å². The molecule has 0 amide bonds. The topological polar surface area (TPSA) is 66.8 Å². The summed E-state index contributed by atoms with van der Waals surface area (Å²) in [6.07, 6.45) is -1.27. The van der Waals surface area contributed by atoms with Crippen LogP contribution in [0.1, 0.15) is 6.42 Å². The van der Waals surface area contributed by atoms with Crippen molar-refractivity contribution in [3.63, 3.8) is 0 Å². The molecule has 1 fully saturated rings. The van der Waals surface area contributed by atoms with E-state index in [4.69, 9.17) is 14.9 Å². The quantitative estimate of drug-likeness (QED) is 0.482. The number of aliphatic hydroxyl groups excluding tert-OH is 2. The summed E-state index contributed by atoms with van der Waals surface area (Å²) in [5, 5.41) is 17.4. The Morgan fingerprint density at radius 1 is 1.70 bits per heavy atom. The van der Waals surface area contributed by atoms with E-state index >= 15 is 0 Å². The number of aliphatic hydroxyl groups is 2. The van der Waals surface area contributed by atoms with Gasteiger partial charge < -0.3 is 14.9 Å². The summed E-state index contributed by atoms with van der Waals surface area (Å²) in [5.74, 6) is -0.245. The molecule has 0 aromatic rings. The molecule has 0 aromatic carbocycles. The van der Waals surface area contributed by atoms with Crippen LogP contribution in [-0.4, -0.2) is 41.4 Å². The van der Waals surface area contributed by atoms with Crippen molar-refractivity contribution >= 4 is 5.78 Å². The van der Waals surface area contributed by atoms with Gasteiger partial charge in [0.1, 0.15) is 6.10 Å². The van der Waals surface area contributed by atoms with Crippen LogP contribution in [0.5, 0.6) is 0 Å². The maximum Gasteiger partial charge on any atom is 0.166 e. The van der Waals surface area contributed by atoms with E-state index in [9.17, 15) is 4.79 Å². The molecule has 2 unspecified atom stereocenters. The van der Waals surface area contributed by atoms with Crippen LogP contribution >= 0.6 is 0 Å². The fourth-order valence-electron chi connectivity index (χ4n) is 0.857. The van der Waals surface area contributed by atoms with Crippen molar-refractivity contribution in [2.45, 2.75) is 18.6 Å². The van der Waals surface area contributed by atoms with Crippen LogP contribution in [0.4, 0.5) is 0 Å². The highest BCUT2D eigenvalue weighted by Gasteiger charge is 2.26. The van der Waals surface area contributed by atoms with E-state index in [1.807, 2.05) is 0 Å². The highest BCUT2D eigenvalue weighted by atomic mass is 16.5. The van der Waals surface area contributed by atoms with Gasteiger partial charge in [-0.05, 0) is 0 Å². The Bertz CT molecular complexity index is 134. The molecule has 1 aliphatic rings. The second-order valence-electron chi connectivity index (χ2n) is 2.32. The van der Waals surface area contributed by atoms with Crippen LogP contribution in [0.15, 0.2) is 0 Å². The molecular formula is C6H10O4. The number of ketones is 1. The summed E-state index contributed by atoms with van der Waals surface area (Å²) in [5.41, 5.74) is 0. The van der Waals surface area contributed by atoms with E-state index in [0.717, 1.165) is 0 Å². The Labute approximate surface area is 58.4 Å². The van der Waals surface area contributed by atoms with E-state index in [2.05, 4.69) is 0 Å². The third-order valence-corrected chi connectivity index (χ3v) is 1.49. The van der Waals surface area contributed by atoms with E-state index in [1.165, 1.54) is 0 Å². The molecule has 1 saturated heterocycles. The summed E-state index contributed by atoms with van der Waals surface area (Å²) in [4.78, 5) is 10.7. The standard InChI is InChI=1S/C6H10O4/c7-2-4-1-5(8)6(9)3-10-4/h4,6-7,9H,1-3H2. The fraction of sp³-hybridized carbons (Fsp3) is 0.833. The number of carbonyl (C=O) groups is 1. The minimum atomic E-state index is -0.984. The van der Waals surface area contributed by atoms with E-state index < -0.39 is 12.2 Å². The van der Waals surface area contributed by atoms with Crippen LogP contribution in [0.25, 0.3) is 0 Å². The fourth-order valence-corrected chi connectivity index (χ4v) is 0.857. The van der Waals surface area contributed by atoms with Gasteiger partial charge >= 0.3 is 0 Å². The Balaban J connectivity index is 2.41. The summed E-state index contributed by atoms with van der Waals surface area (Å²) >= 11 is 0. The third-order valence-electron chi connectivity index (χ3n) is 1.49. The summed E-state index contributed by atoms with van der Waals surface area (Å²) < 4.78 is 4.89. The average Bonchev–Trinajstić information content (AvgIpc) is 1.95. The first-order chi connectivity index (χ1) is 4.74. The molecule has 2 N–H and O–H groups in total. The predicted molar refractivity (Wildman–Crippen MR) is 32.5 cm³/mol. The smallest absolute Gasteiger partial charge is 0.166 e. The van der Waals surface area contributed by atoms with Crippen LogP contribution in [-0.2, 0) is 9.53 Å².